The van der Waals surface area contributed by atoms with Gasteiger partial charge in [-0.2, -0.15) is 0 Å². The van der Waals surface area contributed by atoms with Crippen molar-refractivity contribution in [2.75, 3.05) is 25.4 Å². The molecular weight excluding hydrogens is 200 g/mol. The maximum atomic E-state index is 11.7. The van der Waals surface area contributed by atoms with Crippen LogP contribution in [-0.2, 0) is 10.0 Å². The van der Waals surface area contributed by atoms with Crippen LogP contribution in [0.5, 0.6) is 0 Å². The lowest BCUT2D eigenvalue weighted by Crippen LogP contribution is -2.42. The summed E-state index contributed by atoms with van der Waals surface area (Å²) >= 11 is 0. The molecule has 0 aromatic heterocycles. The van der Waals surface area contributed by atoms with E-state index in [0.29, 0.717) is 25.4 Å². The van der Waals surface area contributed by atoms with E-state index in [-0.39, 0.29) is 5.41 Å². The first-order chi connectivity index (χ1) is 6.58. The lowest BCUT2D eigenvalue weighted by atomic mass is 10.1. The summed E-state index contributed by atoms with van der Waals surface area (Å²) in [6.45, 7) is 1.98. The van der Waals surface area contributed by atoms with Gasteiger partial charge in [-0.1, -0.05) is 0 Å². The normalized spacial score (nSPS) is 30.1. The minimum absolute atomic E-state index is 0.129. The molecule has 0 aromatic carbocycles. The third kappa shape index (κ3) is 1.94. The van der Waals surface area contributed by atoms with Crippen molar-refractivity contribution in [3.8, 4) is 0 Å². The number of hydrogen-bond donors (Lipinski definition) is 1. The highest BCUT2D eigenvalue weighted by atomic mass is 32.2. The second-order valence-corrected chi connectivity index (χ2v) is 6.65. The van der Waals surface area contributed by atoms with Gasteiger partial charge in [-0.15, -0.1) is 0 Å². The Morgan fingerprint density at radius 2 is 2.00 bits per heavy atom. The van der Waals surface area contributed by atoms with Crippen molar-refractivity contribution in [3.63, 3.8) is 0 Å². The second kappa shape index (κ2) is 3.47. The van der Waals surface area contributed by atoms with E-state index in [1.807, 2.05) is 0 Å². The second-order valence-electron chi connectivity index (χ2n) is 4.56. The van der Waals surface area contributed by atoms with Crippen molar-refractivity contribution >= 4 is 10.0 Å². The van der Waals surface area contributed by atoms with E-state index in [9.17, 15) is 8.42 Å². The van der Waals surface area contributed by atoms with Crippen LogP contribution in [0.3, 0.4) is 0 Å². The Balaban J connectivity index is 2.03. The van der Waals surface area contributed by atoms with E-state index in [1.54, 1.807) is 4.31 Å². The predicted molar refractivity (Wildman–Crippen MR) is 55.3 cm³/mol. The number of nitrogens with zero attached hydrogens (tertiary/aromatic N) is 1. The summed E-state index contributed by atoms with van der Waals surface area (Å²) in [5.74, 6) is 0.327. The molecule has 82 valence electrons. The molecule has 2 aliphatic rings. The zero-order valence-electron chi connectivity index (χ0n) is 8.41. The van der Waals surface area contributed by atoms with Crippen molar-refractivity contribution in [2.45, 2.75) is 25.7 Å². The molecule has 2 N–H and O–H groups in total. The van der Waals surface area contributed by atoms with E-state index in [1.165, 1.54) is 0 Å². The third-order valence-corrected chi connectivity index (χ3v) is 5.26. The molecule has 1 heterocycles. The minimum Gasteiger partial charge on any atom is -0.330 e. The maximum Gasteiger partial charge on any atom is 0.214 e. The SMILES string of the molecule is NCC1(CN2CCCCS2(=O)=O)CC1. The van der Waals surface area contributed by atoms with E-state index >= 15 is 0 Å². The molecule has 0 atom stereocenters. The van der Waals surface area contributed by atoms with Gasteiger partial charge in [0.05, 0.1) is 5.75 Å². The maximum absolute atomic E-state index is 11.7. The number of nitrogens with two attached hydrogens (primary N) is 1. The Hall–Kier alpha value is -0.130. The largest absolute Gasteiger partial charge is 0.330 e. The van der Waals surface area contributed by atoms with E-state index in [2.05, 4.69) is 0 Å². The Labute approximate surface area is 85.5 Å². The van der Waals surface area contributed by atoms with Crippen LogP contribution in [0.4, 0.5) is 0 Å². The van der Waals surface area contributed by atoms with Gasteiger partial charge in [-0.3, -0.25) is 0 Å². The average molecular weight is 218 g/mol. The molecule has 0 amide bonds. The first-order valence-corrected chi connectivity index (χ1v) is 6.87. The van der Waals surface area contributed by atoms with Crippen LogP contribution in [0.15, 0.2) is 0 Å². The summed E-state index contributed by atoms with van der Waals surface area (Å²) in [5, 5.41) is 0. The molecule has 0 aromatic rings. The smallest absolute Gasteiger partial charge is 0.214 e. The molecule has 4 nitrogen and oxygen atoms in total. The molecule has 2 rings (SSSR count). The summed E-state index contributed by atoms with van der Waals surface area (Å²) in [5.41, 5.74) is 5.78. The molecular formula is C9H18N2O2S. The van der Waals surface area contributed by atoms with Gasteiger partial charge in [-0.05, 0) is 37.6 Å². The summed E-state index contributed by atoms with van der Waals surface area (Å²) in [6.07, 6.45) is 4.00. The van der Waals surface area contributed by atoms with Crippen LogP contribution >= 0.6 is 0 Å². The molecule has 1 aliphatic carbocycles. The van der Waals surface area contributed by atoms with Crippen LogP contribution in [0, 0.1) is 5.41 Å². The minimum atomic E-state index is -2.95. The first kappa shape index (κ1) is 10.4. The topological polar surface area (TPSA) is 63.4 Å². The lowest BCUT2D eigenvalue weighted by Gasteiger charge is -2.29. The quantitative estimate of drug-likeness (QED) is 0.733. The summed E-state index contributed by atoms with van der Waals surface area (Å²) in [6, 6.07) is 0. The van der Waals surface area contributed by atoms with Gasteiger partial charge < -0.3 is 5.73 Å². The van der Waals surface area contributed by atoms with Gasteiger partial charge in [0, 0.05) is 13.1 Å². The van der Waals surface area contributed by atoms with Crippen LogP contribution in [0.25, 0.3) is 0 Å². The molecule has 0 bridgehead atoms. The highest BCUT2D eigenvalue weighted by molar-refractivity contribution is 7.89. The molecule has 1 aliphatic heterocycles. The molecule has 2 fully saturated rings. The van der Waals surface area contributed by atoms with Crippen molar-refractivity contribution in [2.24, 2.45) is 11.1 Å². The van der Waals surface area contributed by atoms with Gasteiger partial charge in [0.2, 0.25) is 10.0 Å². The van der Waals surface area contributed by atoms with Crippen molar-refractivity contribution in [1.29, 1.82) is 0 Å². The lowest BCUT2D eigenvalue weighted by molar-refractivity contribution is 0.315. The highest BCUT2D eigenvalue weighted by Crippen LogP contribution is 2.45. The fourth-order valence-corrected chi connectivity index (χ4v) is 3.70. The molecule has 14 heavy (non-hydrogen) atoms. The summed E-state index contributed by atoms with van der Waals surface area (Å²) in [7, 11) is -2.95. The average Bonchev–Trinajstić information content (AvgIpc) is 2.90. The summed E-state index contributed by atoms with van der Waals surface area (Å²) < 4.78 is 25.0. The predicted octanol–water partition coefficient (Wildman–Crippen LogP) is 0.151. The van der Waals surface area contributed by atoms with E-state index < -0.39 is 10.0 Å². The third-order valence-electron chi connectivity index (χ3n) is 3.36. The van der Waals surface area contributed by atoms with Gasteiger partial charge in [0.1, 0.15) is 0 Å². The van der Waals surface area contributed by atoms with Crippen LogP contribution in [-0.4, -0.2) is 38.1 Å². The van der Waals surface area contributed by atoms with E-state index in [0.717, 1.165) is 25.7 Å². The van der Waals surface area contributed by atoms with Crippen molar-refractivity contribution < 1.29 is 8.42 Å². The number of hydrogen-bond acceptors (Lipinski definition) is 3. The highest BCUT2D eigenvalue weighted by Gasteiger charge is 2.44. The molecule has 0 unspecified atom stereocenters. The number of sulfonamides is 1. The van der Waals surface area contributed by atoms with Crippen LogP contribution in [0.1, 0.15) is 25.7 Å². The Bertz CT molecular complexity index is 309. The molecule has 0 radical (unpaired) electrons. The van der Waals surface area contributed by atoms with Gasteiger partial charge >= 0.3 is 0 Å². The van der Waals surface area contributed by atoms with Crippen LogP contribution in [0.2, 0.25) is 0 Å². The van der Waals surface area contributed by atoms with Crippen molar-refractivity contribution in [1.82, 2.24) is 4.31 Å². The first-order valence-electron chi connectivity index (χ1n) is 5.26. The zero-order chi connectivity index (χ0) is 10.2. The molecule has 1 saturated heterocycles. The molecule has 5 heteroatoms. The molecule has 1 saturated carbocycles. The standard InChI is InChI=1S/C9H18N2O2S/c10-7-9(3-4-9)8-11-5-1-2-6-14(11,12)13/h1-8,10H2. The molecule has 0 spiro atoms. The fraction of sp³-hybridized carbons (Fsp3) is 1.00. The monoisotopic (exact) mass is 218 g/mol. The Kier molecular flexibility index (Phi) is 2.57. The number of rotatable bonds is 3. The zero-order valence-corrected chi connectivity index (χ0v) is 9.22. The van der Waals surface area contributed by atoms with Gasteiger partial charge in [0.25, 0.3) is 0 Å². The summed E-state index contributed by atoms with van der Waals surface area (Å²) in [4.78, 5) is 0. The van der Waals surface area contributed by atoms with E-state index in [4.69, 9.17) is 5.73 Å². The van der Waals surface area contributed by atoms with Crippen LogP contribution < -0.4 is 5.73 Å². The fourth-order valence-electron chi connectivity index (χ4n) is 2.00. The van der Waals surface area contributed by atoms with Gasteiger partial charge in [0.15, 0.2) is 0 Å². The Morgan fingerprint density at radius 1 is 1.29 bits per heavy atom. The van der Waals surface area contributed by atoms with Gasteiger partial charge in [-0.25, -0.2) is 12.7 Å². The van der Waals surface area contributed by atoms with Crippen molar-refractivity contribution in [3.05, 3.63) is 0 Å². The Morgan fingerprint density at radius 3 is 2.50 bits per heavy atom.